The number of benzene rings is 2. The van der Waals surface area contributed by atoms with Crippen molar-refractivity contribution < 1.29 is 4.79 Å². The van der Waals surface area contributed by atoms with Crippen molar-refractivity contribution in [3.8, 4) is 11.8 Å². The topological polar surface area (TPSA) is 89.9 Å². The third-order valence-corrected chi connectivity index (χ3v) is 7.45. The van der Waals surface area contributed by atoms with Gasteiger partial charge < -0.3 is 10.6 Å². The molecule has 6 rings (SSSR count). The first-order valence-electron chi connectivity index (χ1n) is 12.0. The minimum absolute atomic E-state index is 0.0172. The maximum absolute atomic E-state index is 12.2. The van der Waals surface area contributed by atoms with Crippen molar-refractivity contribution in [3.05, 3.63) is 72.7 Å². The van der Waals surface area contributed by atoms with Crippen molar-refractivity contribution in [1.82, 2.24) is 24.6 Å². The van der Waals surface area contributed by atoms with Crippen LogP contribution in [0.25, 0.3) is 21.8 Å². The molecule has 3 heterocycles. The van der Waals surface area contributed by atoms with Gasteiger partial charge in [0.15, 0.2) is 5.65 Å². The van der Waals surface area contributed by atoms with Crippen LogP contribution in [0.1, 0.15) is 43.0 Å². The van der Waals surface area contributed by atoms with Gasteiger partial charge in [0.1, 0.15) is 17.8 Å². The average Bonchev–Trinajstić information content (AvgIpc) is 3.25. The molecule has 1 spiro atoms. The Balaban J connectivity index is 1.34. The number of rotatable bonds is 2. The van der Waals surface area contributed by atoms with Crippen LogP contribution in [0, 0.1) is 17.3 Å². The highest BCUT2D eigenvalue weighted by Crippen LogP contribution is 2.54. The van der Waals surface area contributed by atoms with Gasteiger partial charge in [0, 0.05) is 18.7 Å². The van der Waals surface area contributed by atoms with Crippen LogP contribution in [0.2, 0.25) is 0 Å². The van der Waals surface area contributed by atoms with Crippen LogP contribution in [0.5, 0.6) is 0 Å². The van der Waals surface area contributed by atoms with Gasteiger partial charge >= 0.3 is 0 Å². The zero-order chi connectivity index (χ0) is 24.0. The maximum Gasteiger partial charge on any atom is 0.245 e. The molecule has 0 atom stereocenters. The summed E-state index contributed by atoms with van der Waals surface area (Å²) in [5, 5.41) is 7.83. The van der Waals surface area contributed by atoms with E-state index in [-0.39, 0.29) is 17.4 Å². The van der Waals surface area contributed by atoms with Crippen molar-refractivity contribution >= 4 is 33.5 Å². The summed E-state index contributed by atoms with van der Waals surface area (Å²) in [4.78, 5) is 22.8. The van der Waals surface area contributed by atoms with E-state index in [0.717, 1.165) is 60.8 Å². The van der Waals surface area contributed by atoms with Crippen LogP contribution in [-0.4, -0.2) is 43.6 Å². The summed E-state index contributed by atoms with van der Waals surface area (Å²) in [7, 11) is 0. The Kier molecular flexibility index (Phi) is 5.03. The number of amides is 1. The second kappa shape index (κ2) is 8.24. The number of carbonyl (C=O) groups is 1. The fourth-order valence-electron chi connectivity index (χ4n) is 5.77. The van der Waals surface area contributed by atoms with Crippen LogP contribution in [0.4, 0.5) is 5.82 Å². The molecule has 7 heteroatoms. The Morgan fingerprint density at radius 1 is 1.14 bits per heavy atom. The Morgan fingerprint density at radius 3 is 2.83 bits per heavy atom. The molecule has 174 valence electrons. The Bertz CT molecular complexity index is 1530. The van der Waals surface area contributed by atoms with Crippen molar-refractivity contribution in [2.45, 2.75) is 31.7 Å². The quantitative estimate of drug-likeness (QED) is 0.358. The van der Waals surface area contributed by atoms with E-state index in [9.17, 15) is 4.79 Å². The second-order valence-electron chi connectivity index (χ2n) is 9.66. The van der Waals surface area contributed by atoms with Crippen LogP contribution in [0.15, 0.2) is 61.4 Å². The summed E-state index contributed by atoms with van der Waals surface area (Å²) in [5.41, 5.74) is 8.65. The molecule has 4 aromatic rings. The summed E-state index contributed by atoms with van der Waals surface area (Å²) in [6.45, 7) is 5.23. The molecule has 2 fully saturated rings. The van der Waals surface area contributed by atoms with E-state index in [2.05, 4.69) is 46.6 Å². The molecule has 2 aliphatic rings. The van der Waals surface area contributed by atoms with Crippen LogP contribution in [0.3, 0.4) is 0 Å². The molecule has 2 aromatic heterocycles. The average molecular weight is 463 g/mol. The highest BCUT2D eigenvalue weighted by Gasteiger charge is 2.48. The highest BCUT2D eigenvalue weighted by molar-refractivity contribution is 5.92. The van der Waals surface area contributed by atoms with E-state index in [1.54, 1.807) is 0 Å². The number of nitrogens with two attached hydrogens (primary N) is 1. The third-order valence-electron chi connectivity index (χ3n) is 7.45. The first kappa shape index (κ1) is 21.4. The lowest BCUT2D eigenvalue weighted by atomic mass is 9.61. The lowest BCUT2D eigenvalue weighted by Crippen LogP contribution is -2.52. The van der Waals surface area contributed by atoms with E-state index < -0.39 is 0 Å². The van der Waals surface area contributed by atoms with Crippen molar-refractivity contribution in [1.29, 1.82) is 0 Å². The summed E-state index contributed by atoms with van der Waals surface area (Å²) < 4.78 is 1.97. The van der Waals surface area contributed by atoms with Gasteiger partial charge in [-0.3, -0.25) is 4.79 Å². The van der Waals surface area contributed by atoms with Gasteiger partial charge in [-0.2, -0.15) is 5.10 Å². The first-order valence-corrected chi connectivity index (χ1v) is 12.0. The van der Waals surface area contributed by atoms with Crippen LogP contribution < -0.4 is 5.73 Å². The lowest BCUT2D eigenvalue weighted by Gasteiger charge is -2.52. The molecule has 2 aromatic carbocycles. The number of hydrogen-bond acceptors (Lipinski definition) is 5. The number of fused-ring (bicyclic) bond motifs is 2. The number of piperidine rings is 1. The number of carbonyl (C=O) groups excluding carboxylic acids is 1. The Labute approximate surface area is 203 Å². The third kappa shape index (κ3) is 3.62. The summed E-state index contributed by atoms with van der Waals surface area (Å²) in [5.74, 6) is 6.96. The molecule has 1 saturated heterocycles. The van der Waals surface area contributed by atoms with Gasteiger partial charge in [-0.05, 0) is 59.9 Å². The van der Waals surface area contributed by atoms with Gasteiger partial charge in [0.25, 0.3) is 0 Å². The number of nitrogen functional groups attached to an aromatic ring is 1. The summed E-state index contributed by atoms with van der Waals surface area (Å²) in [6.07, 6.45) is 6.93. The molecule has 35 heavy (non-hydrogen) atoms. The van der Waals surface area contributed by atoms with Gasteiger partial charge in [-0.1, -0.05) is 48.9 Å². The van der Waals surface area contributed by atoms with Gasteiger partial charge in [-0.15, -0.1) is 0 Å². The number of aromatic nitrogens is 4. The van der Waals surface area contributed by atoms with Gasteiger partial charge in [0.05, 0.1) is 11.4 Å². The van der Waals surface area contributed by atoms with E-state index in [1.807, 2.05) is 33.8 Å². The largest absolute Gasteiger partial charge is 0.383 e. The normalized spacial score (nSPS) is 21.5. The number of likely N-dealkylation sites (tertiary alicyclic amines) is 1. The molecule has 0 unspecified atom stereocenters. The molecule has 1 aliphatic heterocycles. The second-order valence-corrected chi connectivity index (χ2v) is 9.66. The standard InChI is InChI=1S/C28H26N6O/c1-2-24(35)33-14-6-13-28(17-33)15-21(16-28)34-27-25(26(29)30-18-31-27)23(32-34)12-11-20-9-5-8-19-7-3-4-10-22(19)20/h2-5,7-10,18,21H,1,6,13-17H2,(H2,29,30,31). The molecule has 2 N–H and O–H groups in total. The number of nitrogens with zero attached hydrogens (tertiary/aromatic N) is 5. The van der Waals surface area contributed by atoms with E-state index in [4.69, 9.17) is 10.8 Å². The molecule has 7 nitrogen and oxygen atoms in total. The van der Waals surface area contributed by atoms with E-state index in [0.29, 0.717) is 16.9 Å². The zero-order valence-corrected chi connectivity index (χ0v) is 19.4. The van der Waals surface area contributed by atoms with Crippen LogP contribution >= 0.6 is 0 Å². The van der Waals surface area contributed by atoms with Crippen molar-refractivity contribution in [2.75, 3.05) is 18.8 Å². The smallest absolute Gasteiger partial charge is 0.245 e. The summed E-state index contributed by atoms with van der Waals surface area (Å²) in [6, 6.07) is 14.5. The molecular weight excluding hydrogens is 436 g/mol. The molecule has 1 amide bonds. The molecule has 0 radical (unpaired) electrons. The van der Waals surface area contributed by atoms with Crippen LogP contribution in [-0.2, 0) is 4.79 Å². The first-order chi connectivity index (χ1) is 17.1. The van der Waals surface area contributed by atoms with Gasteiger partial charge in [0.2, 0.25) is 5.91 Å². The number of anilines is 1. The Morgan fingerprint density at radius 2 is 1.97 bits per heavy atom. The fourth-order valence-corrected chi connectivity index (χ4v) is 5.77. The lowest BCUT2D eigenvalue weighted by molar-refractivity contribution is -0.132. The van der Waals surface area contributed by atoms with E-state index in [1.165, 1.54) is 12.4 Å². The van der Waals surface area contributed by atoms with E-state index >= 15 is 0 Å². The predicted octanol–water partition coefficient (Wildman–Crippen LogP) is 4.09. The number of hydrogen-bond donors (Lipinski definition) is 1. The highest BCUT2D eigenvalue weighted by atomic mass is 16.2. The summed E-state index contributed by atoms with van der Waals surface area (Å²) >= 11 is 0. The van der Waals surface area contributed by atoms with Crippen molar-refractivity contribution in [3.63, 3.8) is 0 Å². The zero-order valence-electron chi connectivity index (χ0n) is 19.4. The Hall–Kier alpha value is -4.18. The molecule has 0 bridgehead atoms. The monoisotopic (exact) mass is 462 g/mol. The fraction of sp³-hybridized carbons (Fsp3) is 0.286. The minimum atomic E-state index is 0.0172. The van der Waals surface area contributed by atoms with Gasteiger partial charge in [-0.25, -0.2) is 14.6 Å². The molecular formula is C28H26N6O. The minimum Gasteiger partial charge on any atom is -0.383 e. The molecule has 1 aliphatic carbocycles. The maximum atomic E-state index is 12.2. The SMILES string of the molecule is C=CC(=O)N1CCCC2(CC(n3nc(C#Cc4cccc5ccccc45)c4c(N)ncnc43)C2)C1. The predicted molar refractivity (Wildman–Crippen MR) is 136 cm³/mol. The van der Waals surface area contributed by atoms with Crippen molar-refractivity contribution in [2.24, 2.45) is 5.41 Å². The molecule has 1 saturated carbocycles.